The Hall–Kier alpha value is -3.22. The zero-order chi connectivity index (χ0) is 24.0. The third-order valence-electron chi connectivity index (χ3n) is 7.23. The molecule has 2 aliphatic carbocycles. The highest BCUT2D eigenvalue weighted by molar-refractivity contribution is 6.08. The molecule has 34 heavy (non-hydrogen) atoms. The van der Waals surface area contributed by atoms with Crippen LogP contribution in [0, 0.1) is 17.8 Å². The van der Waals surface area contributed by atoms with E-state index in [0.717, 1.165) is 29.5 Å². The zero-order valence-corrected chi connectivity index (χ0v) is 19.5. The van der Waals surface area contributed by atoms with Crippen LogP contribution in [-0.4, -0.2) is 28.7 Å². The van der Waals surface area contributed by atoms with Gasteiger partial charge in [0, 0.05) is 17.0 Å². The Morgan fingerprint density at radius 2 is 1.68 bits per heavy atom. The van der Waals surface area contributed by atoms with E-state index in [1.807, 2.05) is 38.1 Å². The average Bonchev–Trinajstić information content (AvgIpc) is 3.36. The Kier molecular flexibility index (Phi) is 5.88. The maximum absolute atomic E-state index is 13.3. The summed E-state index contributed by atoms with van der Waals surface area (Å²) in [7, 11) is 0. The largest absolute Gasteiger partial charge is 0.459 e. The van der Waals surface area contributed by atoms with E-state index in [0.29, 0.717) is 30.4 Å². The molecule has 0 saturated carbocycles. The number of hydrogen-bond acceptors (Lipinski definition) is 6. The smallest absolute Gasteiger partial charge is 0.336 e. The second kappa shape index (κ2) is 8.85. The summed E-state index contributed by atoms with van der Waals surface area (Å²) >= 11 is 0. The summed E-state index contributed by atoms with van der Waals surface area (Å²) in [5.41, 5.74) is 2.95. The Bertz CT molecular complexity index is 1230. The third kappa shape index (κ3) is 3.97. The molecule has 0 N–H and O–H groups in total. The number of imide groups is 1. The van der Waals surface area contributed by atoms with Crippen molar-refractivity contribution in [3.05, 3.63) is 57.5 Å². The maximum Gasteiger partial charge on any atom is 0.336 e. The third-order valence-corrected chi connectivity index (χ3v) is 7.23. The lowest BCUT2D eigenvalue weighted by molar-refractivity contribution is -0.160. The van der Waals surface area contributed by atoms with Gasteiger partial charge in [-0.2, -0.15) is 0 Å². The van der Waals surface area contributed by atoms with Crippen LogP contribution in [0.2, 0.25) is 0 Å². The number of ether oxygens (including phenoxy) is 1. The number of carbonyl (C=O) groups excluding carboxylic acids is 3. The van der Waals surface area contributed by atoms with Crippen LogP contribution in [0.1, 0.15) is 56.2 Å². The maximum atomic E-state index is 13.3. The first-order valence-electron chi connectivity index (χ1n) is 12.1. The van der Waals surface area contributed by atoms with Crippen molar-refractivity contribution in [2.24, 2.45) is 17.8 Å². The Balaban J connectivity index is 1.40. The molecule has 2 heterocycles. The van der Waals surface area contributed by atoms with Crippen molar-refractivity contribution in [1.82, 2.24) is 4.90 Å². The van der Waals surface area contributed by atoms with Crippen molar-refractivity contribution in [1.29, 1.82) is 0 Å². The lowest BCUT2D eigenvalue weighted by Gasteiger charge is -2.26. The van der Waals surface area contributed by atoms with Gasteiger partial charge in [0.05, 0.1) is 11.8 Å². The van der Waals surface area contributed by atoms with E-state index < -0.39 is 29.5 Å². The summed E-state index contributed by atoms with van der Waals surface area (Å²) in [6.45, 7) is 3.76. The van der Waals surface area contributed by atoms with Crippen molar-refractivity contribution in [2.45, 2.75) is 65.0 Å². The van der Waals surface area contributed by atoms with E-state index in [1.165, 1.54) is 17.2 Å². The molecule has 5 rings (SSSR count). The Morgan fingerprint density at radius 3 is 2.32 bits per heavy atom. The number of aryl methyl sites for hydroxylation is 2. The van der Waals surface area contributed by atoms with Gasteiger partial charge in [-0.25, -0.2) is 9.59 Å². The summed E-state index contributed by atoms with van der Waals surface area (Å²) in [6, 6.07) is 4.30. The first-order chi connectivity index (χ1) is 16.3. The molecule has 3 aliphatic rings. The molecule has 2 amide bonds. The van der Waals surface area contributed by atoms with Crippen LogP contribution in [0.25, 0.3) is 11.0 Å². The SMILES string of the molecule is CC(C)CC(C(=O)OCc1cc(=O)oc2cc3c(cc12)CCC3)N1C(=O)C2CC=CCC2C1=O. The monoisotopic (exact) mass is 463 g/mol. The molecule has 2 aromatic rings. The van der Waals surface area contributed by atoms with Crippen molar-refractivity contribution in [2.75, 3.05) is 0 Å². The highest BCUT2D eigenvalue weighted by Gasteiger charge is 2.51. The van der Waals surface area contributed by atoms with Crippen molar-refractivity contribution < 1.29 is 23.5 Å². The summed E-state index contributed by atoms with van der Waals surface area (Å²) in [5, 5.41) is 0.749. The van der Waals surface area contributed by atoms with Crippen LogP contribution < -0.4 is 5.63 Å². The molecule has 1 aromatic carbocycles. The molecule has 7 heteroatoms. The van der Waals surface area contributed by atoms with E-state index in [9.17, 15) is 19.2 Å². The summed E-state index contributed by atoms with van der Waals surface area (Å²) in [4.78, 5) is 52.7. The molecular formula is C27H29NO6. The number of allylic oxidation sites excluding steroid dienone is 2. The van der Waals surface area contributed by atoms with Gasteiger partial charge < -0.3 is 9.15 Å². The molecule has 1 fully saturated rings. The lowest BCUT2D eigenvalue weighted by Crippen LogP contribution is -2.47. The minimum absolute atomic E-state index is 0.0751. The highest BCUT2D eigenvalue weighted by Crippen LogP contribution is 2.37. The standard InChI is InChI=1S/C27H29NO6/c1-15(2)10-22(28-25(30)19-8-3-4-9-20(19)26(28)31)27(32)33-14-18-13-24(29)34-23-12-17-7-5-6-16(17)11-21(18)23/h3-4,11-13,15,19-20,22H,5-10,14H2,1-2H3. The van der Waals surface area contributed by atoms with Gasteiger partial charge in [-0.1, -0.05) is 26.0 Å². The van der Waals surface area contributed by atoms with Crippen LogP contribution in [0.15, 0.2) is 39.6 Å². The van der Waals surface area contributed by atoms with E-state index in [-0.39, 0.29) is 24.3 Å². The van der Waals surface area contributed by atoms with Gasteiger partial charge in [0.1, 0.15) is 18.2 Å². The van der Waals surface area contributed by atoms with Gasteiger partial charge in [-0.3, -0.25) is 14.5 Å². The fourth-order valence-corrected chi connectivity index (χ4v) is 5.55. The van der Waals surface area contributed by atoms with E-state index in [4.69, 9.17) is 9.15 Å². The number of likely N-dealkylation sites (tertiary alicyclic amines) is 1. The Morgan fingerprint density at radius 1 is 1.03 bits per heavy atom. The Labute approximate surface area is 197 Å². The van der Waals surface area contributed by atoms with Crippen molar-refractivity contribution >= 4 is 28.8 Å². The predicted molar refractivity (Wildman–Crippen MR) is 125 cm³/mol. The molecular weight excluding hydrogens is 434 g/mol. The van der Waals surface area contributed by atoms with Gasteiger partial charge in [0.2, 0.25) is 11.8 Å². The molecule has 0 bridgehead atoms. The first kappa shape index (κ1) is 22.6. The lowest BCUT2D eigenvalue weighted by atomic mass is 9.85. The molecule has 1 saturated heterocycles. The van der Waals surface area contributed by atoms with Crippen LogP contribution in [0.5, 0.6) is 0 Å². The number of hydrogen-bond donors (Lipinski definition) is 0. The molecule has 1 aromatic heterocycles. The normalized spacial score (nSPS) is 22.4. The van der Waals surface area contributed by atoms with Gasteiger partial charge in [0.25, 0.3) is 0 Å². The van der Waals surface area contributed by atoms with Crippen molar-refractivity contribution in [3.8, 4) is 0 Å². The molecule has 178 valence electrons. The molecule has 1 aliphatic heterocycles. The molecule has 3 unspecified atom stereocenters. The van der Waals surface area contributed by atoms with E-state index >= 15 is 0 Å². The molecule has 7 nitrogen and oxygen atoms in total. The number of amides is 2. The highest BCUT2D eigenvalue weighted by atomic mass is 16.5. The number of carbonyl (C=O) groups is 3. The van der Waals surface area contributed by atoms with E-state index in [2.05, 4.69) is 0 Å². The van der Waals surface area contributed by atoms with Crippen LogP contribution in [-0.2, 0) is 38.6 Å². The fourth-order valence-electron chi connectivity index (χ4n) is 5.55. The van der Waals surface area contributed by atoms with Gasteiger partial charge in [-0.15, -0.1) is 0 Å². The second-order valence-corrected chi connectivity index (χ2v) is 10.0. The van der Waals surface area contributed by atoms with Gasteiger partial charge in [0.15, 0.2) is 0 Å². The van der Waals surface area contributed by atoms with E-state index in [1.54, 1.807) is 0 Å². The average molecular weight is 464 g/mol. The minimum Gasteiger partial charge on any atom is -0.459 e. The first-order valence-corrected chi connectivity index (χ1v) is 12.1. The summed E-state index contributed by atoms with van der Waals surface area (Å²) in [6.07, 6.45) is 8.21. The number of benzene rings is 1. The summed E-state index contributed by atoms with van der Waals surface area (Å²) in [5.74, 6) is -1.92. The second-order valence-electron chi connectivity index (χ2n) is 10.0. The quantitative estimate of drug-likeness (QED) is 0.281. The topological polar surface area (TPSA) is 93.9 Å². The molecule has 0 spiro atoms. The number of rotatable bonds is 6. The number of nitrogens with zero attached hydrogens (tertiary/aromatic N) is 1. The predicted octanol–water partition coefficient (Wildman–Crippen LogP) is 3.69. The van der Waals surface area contributed by atoms with Gasteiger partial charge >= 0.3 is 11.6 Å². The molecule has 3 atom stereocenters. The van der Waals surface area contributed by atoms with Crippen LogP contribution in [0.3, 0.4) is 0 Å². The minimum atomic E-state index is -0.971. The summed E-state index contributed by atoms with van der Waals surface area (Å²) < 4.78 is 11.1. The number of fused-ring (bicyclic) bond motifs is 3. The fraction of sp³-hybridized carbons (Fsp3) is 0.481. The zero-order valence-electron chi connectivity index (χ0n) is 19.5. The van der Waals surface area contributed by atoms with Crippen LogP contribution >= 0.6 is 0 Å². The van der Waals surface area contributed by atoms with Gasteiger partial charge in [-0.05, 0) is 67.7 Å². The van der Waals surface area contributed by atoms with Crippen molar-refractivity contribution in [3.63, 3.8) is 0 Å². The molecule has 0 radical (unpaired) electrons. The van der Waals surface area contributed by atoms with Crippen LogP contribution in [0.4, 0.5) is 0 Å². The number of esters is 1.